The highest BCUT2D eigenvalue weighted by Gasteiger charge is 2.10. The number of nitrogens with one attached hydrogen (secondary N) is 2. The molecule has 158 valence electrons. The Morgan fingerprint density at radius 3 is 2.80 bits per heavy atom. The summed E-state index contributed by atoms with van der Waals surface area (Å²) >= 11 is 0. The minimum atomic E-state index is 0.0588. The SMILES string of the molecule is CCNC(=NCCc1cccc(OC)c1O)NC(C)c1cccc(-n2cccn2)c1. The molecule has 0 spiro atoms. The Morgan fingerprint density at radius 2 is 2.07 bits per heavy atom. The number of aliphatic imine (C=N–C) groups is 1. The Hall–Kier alpha value is -3.48. The van der Waals surface area contributed by atoms with Crippen molar-refractivity contribution in [2.24, 2.45) is 4.99 Å². The van der Waals surface area contributed by atoms with Gasteiger partial charge in [-0.2, -0.15) is 5.10 Å². The maximum atomic E-state index is 10.2. The van der Waals surface area contributed by atoms with Crippen LogP contribution >= 0.6 is 0 Å². The summed E-state index contributed by atoms with van der Waals surface area (Å²) in [5.41, 5.74) is 2.97. The fourth-order valence-electron chi connectivity index (χ4n) is 3.19. The third kappa shape index (κ3) is 5.31. The first-order valence-electron chi connectivity index (χ1n) is 10.1. The molecular weight excluding hydrogens is 378 g/mol. The van der Waals surface area contributed by atoms with Crippen LogP contribution in [0.2, 0.25) is 0 Å². The topological polar surface area (TPSA) is 83.7 Å². The van der Waals surface area contributed by atoms with E-state index in [4.69, 9.17) is 4.74 Å². The number of ether oxygens (including phenoxy) is 1. The predicted octanol–water partition coefficient (Wildman–Crippen LogP) is 3.45. The summed E-state index contributed by atoms with van der Waals surface area (Å²) in [5, 5.41) is 21.3. The fourth-order valence-corrected chi connectivity index (χ4v) is 3.19. The van der Waals surface area contributed by atoms with E-state index in [1.54, 1.807) is 19.4 Å². The number of methoxy groups -OCH3 is 1. The second-order valence-electron chi connectivity index (χ2n) is 6.89. The van der Waals surface area contributed by atoms with Gasteiger partial charge in [-0.3, -0.25) is 4.99 Å². The summed E-state index contributed by atoms with van der Waals surface area (Å²) in [5.74, 6) is 1.39. The van der Waals surface area contributed by atoms with E-state index < -0.39 is 0 Å². The number of aromatic hydroxyl groups is 1. The molecule has 7 heteroatoms. The van der Waals surface area contributed by atoms with Crippen molar-refractivity contribution < 1.29 is 9.84 Å². The molecule has 0 aliphatic carbocycles. The standard InChI is InChI=1S/C23H29N5O2/c1-4-24-23(25-14-12-18-8-6-11-21(30-3)22(18)29)27-17(2)19-9-5-10-20(16-19)28-15-7-13-26-28/h5-11,13,15-17,29H,4,12,14H2,1-3H3,(H2,24,25,27). The lowest BCUT2D eigenvalue weighted by Gasteiger charge is -2.19. The van der Waals surface area contributed by atoms with Gasteiger partial charge in [-0.25, -0.2) is 4.68 Å². The van der Waals surface area contributed by atoms with Crippen LogP contribution in [0.15, 0.2) is 65.9 Å². The summed E-state index contributed by atoms with van der Waals surface area (Å²) in [7, 11) is 1.55. The second kappa shape index (κ2) is 10.3. The van der Waals surface area contributed by atoms with Gasteiger partial charge in [0.25, 0.3) is 0 Å². The van der Waals surface area contributed by atoms with Crippen molar-refractivity contribution in [2.75, 3.05) is 20.2 Å². The van der Waals surface area contributed by atoms with Crippen LogP contribution in [0.4, 0.5) is 0 Å². The maximum Gasteiger partial charge on any atom is 0.191 e. The molecule has 0 saturated heterocycles. The Bertz CT molecular complexity index is 969. The number of rotatable bonds is 8. The number of hydrogen-bond donors (Lipinski definition) is 3. The van der Waals surface area contributed by atoms with Crippen LogP contribution in [0.25, 0.3) is 5.69 Å². The maximum absolute atomic E-state index is 10.2. The summed E-state index contributed by atoms with van der Waals surface area (Å²) in [4.78, 5) is 4.67. The first-order chi connectivity index (χ1) is 14.6. The minimum absolute atomic E-state index is 0.0588. The molecule has 0 fully saturated rings. The third-order valence-corrected chi connectivity index (χ3v) is 4.79. The smallest absolute Gasteiger partial charge is 0.191 e. The molecule has 0 amide bonds. The van der Waals surface area contributed by atoms with Gasteiger partial charge in [0.2, 0.25) is 0 Å². The van der Waals surface area contributed by atoms with Gasteiger partial charge in [0.05, 0.1) is 18.8 Å². The van der Waals surface area contributed by atoms with Crippen LogP contribution in [0.1, 0.15) is 31.0 Å². The summed E-state index contributed by atoms with van der Waals surface area (Å²) in [6.45, 7) is 5.43. The lowest BCUT2D eigenvalue weighted by molar-refractivity contribution is 0.370. The highest BCUT2D eigenvalue weighted by Crippen LogP contribution is 2.29. The lowest BCUT2D eigenvalue weighted by atomic mass is 10.1. The number of hydrogen-bond acceptors (Lipinski definition) is 4. The monoisotopic (exact) mass is 407 g/mol. The van der Waals surface area contributed by atoms with Crippen LogP contribution in [-0.4, -0.2) is 41.0 Å². The van der Waals surface area contributed by atoms with Gasteiger partial charge in [-0.15, -0.1) is 0 Å². The molecular formula is C23H29N5O2. The van der Waals surface area contributed by atoms with Crippen LogP contribution in [0.5, 0.6) is 11.5 Å². The summed E-state index contributed by atoms with van der Waals surface area (Å²) in [6, 6.07) is 15.7. The van der Waals surface area contributed by atoms with Gasteiger partial charge >= 0.3 is 0 Å². The highest BCUT2D eigenvalue weighted by atomic mass is 16.5. The van der Waals surface area contributed by atoms with Gasteiger partial charge in [0.15, 0.2) is 17.5 Å². The number of para-hydroxylation sites is 1. The van der Waals surface area contributed by atoms with Gasteiger partial charge in [0.1, 0.15) is 0 Å². The molecule has 0 aliphatic rings. The zero-order valence-corrected chi connectivity index (χ0v) is 17.7. The Kier molecular flexibility index (Phi) is 7.32. The molecule has 1 unspecified atom stereocenters. The van der Waals surface area contributed by atoms with Gasteiger partial charge < -0.3 is 20.5 Å². The van der Waals surface area contributed by atoms with Crippen molar-refractivity contribution >= 4 is 5.96 Å². The van der Waals surface area contributed by atoms with Crippen molar-refractivity contribution in [1.29, 1.82) is 0 Å². The van der Waals surface area contributed by atoms with Gasteiger partial charge in [-0.05, 0) is 55.7 Å². The van der Waals surface area contributed by atoms with E-state index in [2.05, 4.69) is 39.8 Å². The molecule has 3 rings (SSSR count). The Morgan fingerprint density at radius 1 is 1.23 bits per heavy atom. The van der Waals surface area contributed by atoms with Gasteiger partial charge in [-0.1, -0.05) is 24.3 Å². The molecule has 30 heavy (non-hydrogen) atoms. The van der Waals surface area contributed by atoms with E-state index >= 15 is 0 Å². The highest BCUT2D eigenvalue weighted by molar-refractivity contribution is 5.80. The van der Waals surface area contributed by atoms with E-state index in [0.717, 1.165) is 29.3 Å². The van der Waals surface area contributed by atoms with Crippen LogP contribution in [0.3, 0.4) is 0 Å². The number of benzene rings is 2. The number of phenolic OH excluding ortho intramolecular Hbond substituents is 1. The molecule has 2 aromatic carbocycles. The normalized spacial score (nSPS) is 12.4. The first kappa shape index (κ1) is 21.2. The van der Waals surface area contributed by atoms with E-state index in [1.165, 1.54) is 0 Å². The molecule has 0 saturated carbocycles. The quantitative estimate of drug-likeness (QED) is 0.394. The molecule has 0 aliphatic heterocycles. The van der Waals surface area contributed by atoms with Crippen molar-refractivity contribution in [2.45, 2.75) is 26.3 Å². The van der Waals surface area contributed by atoms with Crippen LogP contribution < -0.4 is 15.4 Å². The fraction of sp³-hybridized carbons (Fsp3) is 0.304. The molecule has 3 aromatic rings. The van der Waals surface area contributed by atoms with E-state index in [1.807, 2.05) is 48.1 Å². The average molecular weight is 408 g/mol. The number of guanidine groups is 1. The van der Waals surface area contributed by atoms with E-state index in [-0.39, 0.29) is 11.8 Å². The van der Waals surface area contributed by atoms with E-state index in [0.29, 0.717) is 18.7 Å². The largest absolute Gasteiger partial charge is 0.504 e. The van der Waals surface area contributed by atoms with Crippen molar-refractivity contribution in [3.63, 3.8) is 0 Å². The average Bonchev–Trinajstić information content (AvgIpc) is 3.30. The number of nitrogens with zero attached hydrogens (tertiary/aromatic N) is 3. The zero-order chi connectivity index (χ0) is 21.3. The van der Waals surface area contributed by atoms with Crippen LogP contribution in [-0.2, 0) is 6.42 Å². The number of aromatic nitrogens is 2. The van der Waals surface area contributed by atoms with Gasteiger partial charge in [0, 0.05) is 25.5 Å². The first-order valence-corrected chi connectivity index (χ1v) is 10.1. The van der Waals surface area contributed by atoms with Crippen molar-refractivity contribution in [3.05, 3.63) is 72.1 Å². The Labute approximate surface area is 177 Å². The van der Waals surface area contributed by atoms with E-state index in [9.17, 15) is 5.11 Å². The minimum Gasteiger partial charge on any atom is -0.504 e. The second-order valence-corrected chi connectivity index (χ2v) is 6.89. The number of phenols is 1. The lowest BCUT2D eigenvalue weighted by Crippen LogP contribution is -2.38. The summed E-state index contributed by atoms with van der Waals surface area (Å²) < 4.78 is 7.02. The zero-order valence-electron chi connectivity index (χ0n) is 17.7. The van der Waals surface area contributed by atoms with Crippen molar-refractivity contribution in [1.82, 2.24) is 20.4 Å². The Balaban J connectivity index is 1.67. The third-order valence-electron chi connectivity index (χ3n) is 4.79. The van der Waals surface area contributed by atoms with Crippen LogP contribution in [0, 0.1) is 0 Å². The molecule has 0 radical (unpaired) electrons. The van der Waals surface area contributed by atoms with Crippen molar-refractivity contribution in [3.8, 4) is 17.2 Å². The molecule has 0 bridgehead atoms. The molecule has 1 atom stereocenters. The summed E-state index contributed by atoms with van der Waals surface area (Å²) in [6.07, 6.45) is 4.31. The molecule has 1 heterocycles. The molecule has 7 nitrogen and oxygen atoms in total. The molecule has 1 aromatic heterocycles. The predicted molar refractivity (Wildman–Crippen MR) is 119 cm³/mol. The molecule has 3 N–H and O–H groups in total.